The van der Waals surface area contributed by atoms with Gasteiger partial charge in [0.25, 0.3) is 11.5 Å². The number of carbonyl (C=O) groups excluding carboxylic acids is 1. The molecular weight excluding hydrogens is 302 g/mol. The van der Waals surface area contributed by atoms with Crippen LogP contribution >= 0.6 is 0 Å². The Kier molecular flexibility index (Phi) is 4.79. The molecule has 0 unspecified atom stereocenters. The van der Waals surface area contributed by atoms with Crippen molar-refractivity contribution in [1.82, 2.24) is 14.7 Å². The van der Waals surface area contributed by atoms with Crippen molar-refractivity contribution in [3.63, 3.8) is 0 Å². The Hall–Kier alpha value is -2.43. The zero-order chi connectivity index (χ0) is 17.1. The maximum absolute atomic E-state index is 12.9. The summed E-state index contributed by atoms with van der Waals surface area (Å²) >= 11 is 0. The number of nitrogens with zero attached hydrogens (tertiary/aromatic N) is 3. The van der Waals surface area contributed by atoms with Gasteiger partial charge < -0.3 is 4.90 Å². The lowest BCUT2D eigenvalue weighted by Crippen LogP contribution is -2.40. The Morgan fingerprint density at radius 3 is 2.67 bits per heavy atom. The number of amides is 1. The molecule has 126 valence electrons. The molecule has 2 atom stereocenters. The molecule has 5 nitrogen and oxygen atoms in total. The lowest BCUT2D eigenvalue weighted by atomic mass is 9.87. The summed E-state index contributed by atoms with van der Waals surface area (Å²) in [7, 11) is 1.57. The Bertz CT molecular complexity index is 770. The van der Waals surface area contributed by atoms with E-state index in [1.54, 1.807) is 7.05 Å². The van der Waals surface area contributed by atoms with Gasteiger partial charge in [-0.05, 0) is 30.9 Å². The van der Waals surface area contributed by atoms with Gasteiger partial charge in [-0.2, -0.15) is 5.10 Å². The van der Waals surface area contributed by atoms with Gasteiger partial charge in [-0.15, -0.1) is 0 Å². The SMILES string of the molecule is CC[C@@H](c1ccccc1)[C@H]1CCCN1C(=O)c1ccc(=O)n(C)n1. The lowest BCUT2D eigenvalue weighted by Gasteiger charge is -2.31. The second-order valence-electron chi connectivity index (χ2n) is 6.31. The molecule has 2 aromatic rings. The number of hydrogen-bond donors (Lipinski definition) is 0. The zero-order valence-electron chi connectivity index (χ0n) is 14.2. The predicted molar refractivity (Wildman–Crippen MR) is 93.0 cm³/mol. The van der Waals surface area contributed by atoms with Crippen LogP contribution in [0.4, 0.5) is 0 Å². The van der Waals surface area contributed by atoms with Crippen molar-refractivity contribution in [2.24, 2.45) is 7.05 Å². The number of carbonyl (C=O) groups is 1. The third-order valence-corrected chi connectivity index (χ3v) is 4.87. The van der Waals surface area contributed by atoms with Crippen LogP contribution in [0.5, 0.6) is 0 Å². The number of aromatic nitrogens is 2. The maximum Gasteiger partial charge on any atom is 0.274 e. The zero-order valence-corrected chi connectivity index (χ0v) is 14.2. The fraction of sp³-hybridized carbons (Fsp3) is 0.421. The molecule has 0 saturated carbocycles. The number of likely N-dealkylation sites (tertiary alicyclic amines) is 1. The van der Waals surface area contributed by atoms with Gasteiger partial charge in [-0.25, -0.2) is 4.68 Å². The topological polar surface area (TPSA) is 55.2 Å². The molecule has 24 heavy (non-hydrogen) atoms. The highest BCUT2D eigenvalue weighted by atomic mass is 16.2. The number of aryl methyl sites for hydroxylation is 1. The lowest BCUT2D eigenvalue weighted by molar-refractivity contribution is 0.0706. The summed E-state index contributed by atoms with van der Waals surface area (Å²) in [6.07, 6.45) is 3.00. The highest BCUT2D eigenvalue weighted by Gasteiger charge is 2.35. The standard InChI is InChI=1S/C19H23N3O2/c1-3-15(14-8-5-4-6-9-14)17-10-7-13-22(17)19(24)16-11-12-18(23)21(2)20-16/h4-6,8-9,11-12,15,17H,3,7,10,13H2,1-2H3/t15-,17+/m0/s1. The van der Waals surface area contributed by atoms with Crippen LogP contribution in [0.2, 0.25) is 0 Å². The Morgan fingerprint density at radius 1 is 1.25 bits per heavy atom. The second-order valence-corrected chi connectivity index (χ2v) is 6.31. The van der Waals surface area contributed by atoms with E-state index in [1.165, 1.54) is 22.4 Å². The quantitative estimate of drug-likeness (QED) is 0.868. The molecule has 3 rings (SSSR count). The van der Waals surface area contributed by atoms with Crippen LogP contribution in [-0.4, -0.2) is 33.2 Å². The van der Waals surface area contributed by atoms with Crippen LogP contribution in [0.25, 0.3) is 0 Å². The van der Waals surface area contributed by atoms with Gasteiger partial charge in [-0.1, -0.05) is 37.3 Å². The molecule has 0 aliphatic carbocycles. The number of benzene rings is 1. The van der Waals surface area contributed by atoms with E-state index in [1.807, 2.05) is 23.1 Å². The van der Waals surface area contributed by atoms with E-state index in [0.29, 0.717) is 11.6 Å². The van der Waals surface area contributed by atoms with E-state index in [-0.39, 0.29) is 17.5 Å². The largest absolute Gasteiger partial charge is 0.334 e. The minimum atomic E-state index is -0.208. The molecule has 0 spiro atoms. The highest BCUT2D eigenvalue weighted by Crippen LogP contribution is 2.34. The molecule has 1 saturated heterocycles. The summed E-state index contributed by atoms with van der Waals surface area (Å²) in [4.78, 5) is 26.4. The van der Waals surface area contributed by atoms with Gasteiger partial charge >= 0.3 is 0 Å². The second kappa shape index (κ2) is 6.99. The van der Waals surface area contributed by atoms with Gasteiger partial charge in [0.05, 0.1) is 0 Å². The third-order valence-electron chi connectivity index (χ3n) is 4.87. The van der Waals surface area contributed by atoms with Crippen LogP contribution < -0.4 is 5.56 Å². The van der Waals surface area contributed by atoms with E-state index < -0.39 is 0 Å². The Labute approximate surface area is 141 Å². The first-order valence-corrected chi connectivity index (χ1v) is 8.52. The molecule has 1 aliphatic rings. The smallest absolute Gasteiger partial charge is 0.274 e. The molecule has 0 radical (unpaired) electrons. The number of rotatable bonds is 4. The molecule has 1 aromatic carbocycles. The molecule has 1 aromatic heterocycles. The molecule has 1 amide bonds. The van der Waals surface area contributed by atoms with Crippen molar-refractivity contribution in [3.8, 4) is 0 Å². The highest BCUT2D eigenvalue weighted by molar-refractivity contribution is 5.92. The summed E-state index contributed by atoms with van der Waals surface area (Å²) in [6, 6.07) is 13.5. The molecule has 0 bridgehead atoms. The molecule has 2 heterocycles. The van der Waals surface area contributed by atoms with Crippen LogP contribution in [0, 0.1) is 0 Å². The van der Waals surface area contributed by atoms with Crippen molar-refractivity contribution in [1.29, 1.82) is 0 Å². The summed E-state index contributed by atoms with van der Waals surface area (Å²) in [6.45, 7) is 2.92. The monoisotopic (exact) mass is 325 g/mol. The van der Waals surface area contributed by atoms with Gasteiger partial charge in [-0.3, -0.25) is 9.59 Å². The van der Waals surface area contributed by atoms with E-state index in [9.17, 15) is 9.59 Å². The van der Waals surface area contributed by atoms with Crippen LogP contribution in [0.3, 0.4) is 0 Å². The van der Waals surface area contributed by atoms with E-state index in [0.717, 1.165) is 25.8 Å². The molecule has 1 fully saturated rings. The summed E-state index contributed by atoms with van der Waals surface area (Å²) in [5.41, 5.74) is 1.41. The molecule has 1 aliphatic heterocycles. The van der Waals surface area contributed by atoms with Crippen molar-refractivity contribution in [2.75, 3.05) is 6.54 Å². The average molecular weight is 325 g/mol. The van der Waals surface area contributed by atoms with Crippen LogP contribution in [0.15, 0.2) is 47.3 Å². The van der Waals surface area contributed by atoms with Gasteiger partial charge in [0, 0.05) is 31.6 Å². The first-order valence-electron chi connectivity index (χ1n) is 8.52. The van der Waals surface area contributed by atoms with E-state index >= 15 is 0 Å². The van der Waals surface area contributed by atoms with Gasteiger partial charge in [0.2, 0.25) is 0 Å². The number of hydrogen-bond acceptors (Lipinski definition) is 3. The summed E-state index contributed by atoms with van der Waals surface area (Å²) in [5, 5.41) is 4.12. The Morgan fingerprint density at radius 2 is 2.00 bits per heavy atom. The van der Waals surface area contributed by atoms with Crippen LogP contribution in [0.1, 0.15) is 48.2 Å². The predicted octanol–water partition coefficient (Wildman–Crippen LogP) is 2.58. The average Bonchev–Trinajstić information content (AvgIpc) is 3.08. The summed E-state index contributed by atoms with van der Waals surface area (Å²) in [5.74, 6) is 0.243. The minimum absolute atomic E-state index is 0.0810. The first kappa shape index (κ1) is 16.4. The Balaban J connectivity index is 1.88. The molecule has 5 heteroatoms. The van der Waals surface area contributed by atoms with E-state index in [2.05, 4.69) is 24.2 Å². The van der Waals surface area contributed by atoms with E-state index in [4.69, 9.17) is 0 Å². The van der Waals surface area contributed by atoms with Crippen molar-refractivity contribution in [2.45, 2.75) is 38.1 Å². The fourth-order valence-corrected chi connectivity index (χ4v) is 3.66. The molecule has 0 N–H and O–H groups in total. The van der Waals surface area contributed by atoms with Gasteiger partial charge in [0.15, 0.2) is 0 Å². The van der Waals surface area contributed by atoms with Crippen molar-refractivity contribution >= 4 is 5.91 Å². The van der Waals surface area contributed by atoms with Crippen LogP contribution in [-0.2, 0) is 7.05 Å². The third kappa shape index (κ3) is 3.11. The van der Waals surface area contributed by atoms with Crippen molar-refractivity contribution < 1.29 is 4.79 Å². The normalized spacial score (nSPS) is 18.6. The minimum Gasteiger partial charge on any atom is -0.334 e. The molecular formula is C19H23N3O2. The van der Waals surface area contributed by atoms with Crippen molar-refractivity contribution in [3.05, 3.63) is 64.1 Å². The maximum atomic E-state index is 12.9. The van der Waals surface area contributed by atoms with Gasteiger partial charge in [0.1, 0.15) is 5.69 Å². The fourth-order valence-electron chi connectivity index (χ4n) is 3.66. The first-order chi connectivity index (χ1) is 11.6. The summed E-state index contributed by atoms with van der Waals surface area (Å²) < 4.78 is 1.22.